The van der Waals surface area contributed by atoms with Crippen molar-refractivity contribution in [1.82, 2.24) is 0 Å². The molecule has 1 aliphatic carbocycles. The van der Waals surface area contributed by atoms with Crippen LogP contribution in [0.15, 0.2) is 23.8 Å². The molecule has 0 bridgehead atoms. The van der Waals surface area contributed by atoms with Crippen LogP contribution in [-0.4, -0.2) is 64.3 Å². The van der Waals surface area contributed by atoms with Crippen LogP contribution in [0.1, 0.15) is 26.2 Å². The standard InChI is InChI=1S/C16H26O6/c1-9(2)11-5-3-10(4-6-11)8-21-16-15(20)14(19)13(18)12(7-17)22-16/h3,11-20H,1,4-8H2,2H3/t11-,12+,13+,14-,15+,16+/m0/s1. The van der Waals surface area contributed by atoms with Gasteiger partial charge < -0.3 is 29.9 Å². The van der Waals surface area contributed by atoms with E-state index in [2.05, 4.69) is 12.7 Å². The fourth-order valence-corrected chi connectivity index (χ4v) is 2.86. The van der Waals surface area contributed by atoms with Crippen LogP contribution in [0.5, 0.6) is 0 Å². The van der Waals surface area contributed by atoms with E-state index in [1.165, 1.54) is 5.57 Å². The molecule has 0 unspecified atom stereocenters. The Morgan fingerprint density at radius 2 is 2.05 bits per heavy atom. The summed E-state index contributed by atoms with van der Waals surface area (Å²) < 4.78 is 10.8. The molecular formula is C16H26O6. The van der Waals surface area contributed by atoms with Crippen molar-refractivity contribution in [2.45, 2.75) is 56.9 Å². The van der Waals surface area contributed by atoms with E-state index >= 15 is 0 Å². The van der Waals surface area contributed by atoms with E-state index < -0.39 is 37.3 Å². The van der Waals surface area contributed by atoms with Gasteiger partial charge in [0.2, 0.25) is 0 Å². The Hall–Kier alpha value is -0.760. The highest BCUT2D eigenvalue weighted by atomic mass is 16.7. The van der Waals surface area contributed by atoms with Crippen LogP contribution in [-0.2, 0) is 9.47 Å². The molecule has 1 saturated heterocycles. The molecule has 126 valence electrons. The third-order valence-corrected chi connectivity index (χ3v) is 4.48. The maximum absolute atomic E-state index is 9.89. The number of allylic oxidation sites excluding steroid dienone is 2. The van der Waals surface area contributed by atoms with Crippen molar-refractivity contribution >= 4 is 0 Å². The maximum atomic E-state index is 9.89. The monoisotopic (exact) mass is 314 g/mol. The minimum atomic E-state index is -1.40. The molecule has 1 heterocycles. The van der Waals surface area contributed by atoms with Gasteiger partial charge in [0.05, 0.1) is 13.2 Å². The fraction of sp³-hybridized carbons (Fsp3) is 0.750. The zero-order valence-corrected chi connectivity index (χ0v) is 12.9. The zero-order valence-electron chi connectivity index (χ0n) is 12.9. The van der Waals surface area contributed by atoms with E-state index in [1.54, 1.807) is 0 Å². The molecule has 2 rings (SSSR count). The Morgan fingerprint density at radius 1 is 1.32 bits per heavy atom. The van der Waals surface area contributed by atoms with Crippen molar-refractivity contribution in [3.05, 3.63) is 23.8 Å². The van der Waals surface area contributed by atoms with Gasteiger partial charge in [-0.15, -0.1) is 0 Å². The second-order valence-corrected chi connectivity index (χ2v) is 6.19. The van der Waals surface area contributed by atoms with Crippen LogP contribution >= 0.6 is 0 Å². The lowest BCUT2D eigenvalue weighted by Gasteiger charge is -2.39. The number of aliphatic hydroxyl groups excluding tert-OH is 4. The Kier molecular flexibility index (Phi) is 6.14. The lowest BCUT2D eigenvalue weighted by Crippen LogP contribution is -2.59. The smallest absolute Gasteiger partial charge is 0.187 e. The maximum Gasteiger partial charge on any atom is 0.187 e. The van der Waals surface area contributed by atoms with E-state index in [4.69, 9.17) is 14.6 Å². The molecule has 4 N–H and O–H groups in total. The van der Waals surface area contributed by atoms with Gasteiger partial charge in [0, 0.05) is 0 Å². The van der Waals surface area contributed by atoms with Crippen LogP contribution in [0.25, 0.3) is 0 Å². The molecule has 0 saturated carbocycles. The molecule has 22 heavy (non-hydrogen) atoms. The molecule has 2 aliphatic rings. The van der Waals surface area contributed by atoms with Gasteiger partial charge in [-0.3, -0.25) is 0 Å². The molecule has 1 fully saturated rings. The second-order valence-electron chi connectivity index (χ2n) is 6.19. The Bertz CT molecular complexity index is 419. The van der Waals surface area contributed by atoms with Gasteiger partial charge in [-0.1, -0.05) is 18.2 Å². The van der Waals surface area contributed by atoms with Gasteiger partial charge in [-0.05, 0) is 37.7 Å². The summed E-state index contributed by atoms with van der Waals surface area (Å²) >= 11 is 0. The van der Waals surface area contributed by atoms with Gasteiger partial charge in [0.1, 0.15) is 24.4 Å². The number of aliphatic hydroxyl groups is 4. The fourth-order valence-electron chi connectivity index (χ4n) is 2.86. The molecule has 6 heteroatoms. The van der Waals surface area contributed by atoms with E-state index in [1.807, 2.05) is 6.92 Å². The number of rotatable bonds is 5. The predicted molar refractivity (Wildman–Crippen MR) is 80.0 cm³/mol. The molecule has 6 nitrogen and oxygen atoms in total. The van der Waals surface area contributed by atoms with Gasteiger partial charge in [0.25, 0.3) is 0 Å². The van der Waals surface area contributed by atoms with Crippen LogP contribution in [0.3, 0.4) is 0 Å². The first kappa shape index (κ1) is 17.6. The third kappa shape index (κ3) is 3.95. The van der Waals surface area contributed by atoms with Crippen molar-refractivity contribution in [3.8, 4) is 0 Å². The summed E-state index contributed by atoms with van der Waals surface area (Å²) in [6, 6.07) is 0. The minimum Gasteiger partial charge on any atom is -0.394 e. The summed E-state index contributed by atoms with van der Waals surface area (Å²) in [6.45, 7) is 5.86. The Labute approximate surface area is 130 Å². The average Bonchev–Trinajstić information content (AvgIpc) is 2.52. The summed E-state index contributed by atoms with van der Waals surface area (Å²) in [5.74, 6) is 0.510. The van der Waals surface area contributed by atoms with E-state index in [-0.39, 0.29) is 0 Å². The molecular weight excluding hydrogens is 288 g/mol. The highest BCUT2D eigenvalue weighted by molar-refractivity contribution is 5.12. The van der Waals surface area contributed by atoms with E-state index in [0.717, 1.165) is 24.8 Å². The second kappa shape index (κ2) is 7.68. The van der Waals surface area contributed by atoms with Crippen molar-refractivity contribution in [1.29, 1.82) is 0 Å². The largest absolute Gasteiger partial charge is 0.394 e. The first-order chi connectivity index (χ1) is 10.4. The Morgan fingerprint density at radius 3 is 2.59 bits per heavy atom. The third-order valence-electron chi connectivity index (χ3n) is 4.48. The normalized spacial score (nSPS) is 39.4. The molecule has 1 aliphatic heterocycles. The number of hydrogen-bond acceptors (Lipinski definition) is 6. The predicted octanol–water partition coefficient (Wildman–Crippen LogP) is 0.105. The highest BCUT2D eigenvalue weighted by Crippen LogP contribution is 2.29. The highest BCUT2D eigenvalue weighted by Gasteiger charge is 2.44. The molecule has 6 atom stereocenters. The average molecular weight is 314 g/mol. The van der Waals surface area contributed by atoms with Crippen molar-refractivity contribution < 1.29 is 29.9 Å². The van der Waals surface area contributed by atoms with Crippen LogP contribution in [0.2, 0.25) is 0 Å². The lowest BCUT2D eigenvalue weighted by atomic mass is 9.86. The quantitative estimate of drug-likeness (QED) is 0.537. The first-order valence-corrected chi connectivity index (χ1v) is 7.69. The first-order valence-electron chi connectivity index (χ1n) is 7.69. The number of hydrogen-bond donors (Lipinski definition) is 4. The number of ether oxygens (including phenoxy) is 2. The van der Waals surface area contributed by atoms with Gasteiger partial charge in [0.15, 0.2) is 6.29 Å². The summed E-state index contributed by atoms with van der Waals surface area (Å²) in [5.41, 5.74) is 2.31. The van der Waals surface area contributed by atoms with Crippen molar-refractivity contribution in [2.75, 3.05) is 13.2 Å². The van der Waals surface area contributed by atoms with Crippen molar-refractivity contribution in [3.63, 3.8) is 0 Å². The van der Waals surface area contributed by atoms with Gasteiger partial charge in [-0.25, -0.2) is 0 Å². The molecule has 0 radical (unpaired) electrons. The van der Waals surface area contributed by atoms with Crippen molar-refractivity contribution in [2.24, 2.45) is 5.92 Å². The molecule has 0 aromatic carbocycles. The van der Waals surface area contributed by atoms with Crippen LogP contribution < -0.4 is 0 Å². The summed E-state index contributed by atoms with van der Waals surface area (Å²) in [7, 11) is 0. The summed E-state index contributed by atoms with van der Waals surface area (Å²) in [6.07, 6.45) is -1.12. The van der Waals surface area contributed by atoms with Crippen LogP contribution in [0.4, 0.5) is 0 Å². The van der Waals surface area contributed by atoms with E-state index in [0.29, 0.717) is 12.5 Å². The SMILES string of the molecule is C=C(C)[C@H]1CC=C(CO[C@@H]2O[C@H](CO)[C@@H](O)[C@H](O)[C@H]2O)CC1. The van der Waals surface area contributed by atoms with Crippen LogP contribution in [0, 0.1) is 5.92 Å². The minimum absolute atomic E-state index is 0.297. The van der Waals surface area contributed by atoms with E-state index in [9.17, 15) is 15.3 Å². The summed E-state index contributed by atoms with van der Waals surface area (Å²) in [4.78, 5) is 0. The van der Waals surface area contributed by atoms with Gasteiger partial charge in [-0.2, -0.15) is 0 Å². The van der Waals surface area contributed by atoms with Gasteiger partial charge >= 0.3 is 0 Å². The summed E-state index contributed by atoms with van der Waals surface area (Å²) in [5, 5.41) is 38.4. The molecule has 0 spiro atoms. The topological polar surface area (TPSA) is 99.4 Å². The molecule has 0 aromatic rings. The molecule has 0 aromatic heterocycles. The zero-order chi connectivity index (χ0) is 16.3. The molecule has 0 amide bonds. The lowest BCUT2D eigenvalue weighted by molar-refractivity contribution is -0.299. The Balaban J connectivity index is 1.87.